The summed E-state index contributed by atoms with van der Waals surface area (Å²) in [6.45, 7) is 2.74. The second-order valence-electron chi connectivity index (χ2n) is 6.00. The van der Waals surface area contributed by atoms with Crippen molar-refractivity contribution in [3.8, 4) is 17.2 Å². The number of anilines is 1. The van der Waals surface area contributed by atoms with Crippen molar-refractivity contribution < 1.29 is 19.0 Å². The highest BCUT2D eigenvalue weighted by Crippen LogP contribution is 2.34. The first-order chi connectivity index (χ1) is 12.1. The zero-order valence-electron chi connectivity index (χ0n) is 14.6. The lowest BCUT2D eigenvalue weighted by Gasteiger charge is -2.24. The van der Waals surface area contributed by atoms with Crippen LogP contribution < -0.4 is 19.5 Å². The van der Waals surface area contributed by atoms with Crippen molar-refractivity contribution in [2.75, 3.05) is 26.3 Å². The van der Waals surface area contributed by atoms with Crippen molar-refractivity contribution >= 4 is 11.6 Å². The number of likely N-dealkylation sites (N-methyl/N-ethyl adjacent to an activating group) is 1. The third kappa shape index (κ3) is 4.03. The number of hydrogen-bond donors (Lipinski definition) is 1. The van der Waals surface area contributed by atoms with Crippen molar-refractivity contribution in [1.82, 2.24) is 4.90 Å². The molecule has 132 valence electrons. The lowest BCUT2D eigenvalue weighted by molar-refractivity contribution is -0.120. The summed E-state index contributed by atoms with van der Waals surface area (Å²) in [5.41, 5.74) is 1.78. The first-order valence-corrected chi connectivity index (χ1v) is 8.10. The Morgan fingerprint density at radius 2 is 2.04 bits per heavy atom. The smallest absolute Gasteiger partial charge is 0.241 e. The van der Waals surface area contributed by atoms with Crippen LogP contribution in [0.15, 0.2) is 42.5 Å². The summed E-state index contributed by atoms with van der Waals surface area (Å²) in [4.78, 5) is 14.5. The third-order valence-electron chi connectivity index (χ3n) is 4.25. The highest BCUT2D eigenvalue weighted by molar-refractivity contribution is 5.94. The largest absolute Gasteiger partial charge is 0.497 e. The van der Waals surface area contributed by atoms with Gasteiger partial charge in [-0.1, -0.05) is 12.1 Å². The first-order valence-electron chi connectivity index (χ1n) is 8.10. The molecule has 2 aromatic rings. The molecule has 1 amide bonds. The molecule has 0 radical (unpaired) electrons. The molecule has 1 N–H and O–H groups in total. The maximum atomic E-state index is 12.5. The molecule has 6 heteroatoms. The van der Waals surface area contributed by atoms with Gasteiger partial charge in [-0.25, -0.2) is 0 Å². The maximum absolute atomic E-state index is 12.5. The predicted octanol–water partition coefficient (Wildman–Crippen LogP) is 2.88. The summed E-state index contributed by atoms with van der Waals surface area (Å²) >= 11 is 0. The topological polar surface area (TPSA) is 60.0 Å². The minimum atomic E-state index is -0.295. The zero-order chi connectivity index (χ0) is 17.8. The van der Waals surface area contributed by atoms with Gasteiger partial charge in [0.1, 0.15) is 5.75 Å². The molecule has 0 saturated carbocycles. The molecule has 1 heterocycles. The van der Waals surface area contributed by atoms with E-state index in [4.69, 9.17) is 14.2 Å². The Balaban J connectivity index is 1.61. The number of ether oxygens (including phenoxy) is 3. The number of nitrogens with zero attached hydrogens (tertiary/aromatic N) is 1. The minimum absolute atomic E-state index is 0.0794. The van der Waals surface area contributed by atoms with Gasteiger partial charge in [-0.3, -0.25) is 9.69 Å². The van der Waals surface area contributed by atoms with Gasteiger partial charge < -0.3 is 19.5 Å². The van der Waals surface area contributed by atoms with E-state index in [0.717, 1.165) is 11.3 Å². The van der Waals surface area contributed by atoms with E-state index in [1.165, 1.54) is 0 Å². The van der Waals surface area contributed by atoms with Crippen molar-refractivity contribution in [3.05, 3.63) is 48.0 Å². The standard InChI is InChI=1S/C19H22N2O4/c1-13(21(2)11-14-5-4-6-16(9-14)23-3)19(22)20-15-7-8-17-18(10-15)25-12-24-17/h4-10,13H,11-12H2,1-3H3,(H,20,22)/t13-/m1/s1. The van der Waals surface area contributed by atoms with Crippen LogP contribution in [0.4, 0.5) is 5.69 Å². The van der Waals surface area contributed by atoms with E-state index in [1.807, 2.05) is 43.1 Å². The normalized spacial score (nSPS) is 13.6. The number of amides is 1. The Bertz CT molecular complexity index is 763. The van der Waals surface area contributed by atoms with E-state index in [2.05, 4.69) is 5.32 Å². The van der Waals surface area contributed by atoms with Crippen LogP contribution in [0, 0.1) is 0 Å². The molecule has 1 aliphatic rings. The fourth-order valence-electron chi connectivity index (χ4n) is 2.62. The molecule has 25 heavy (non-hydrogen) atoms. The molecule has 2 aromatic carbocycles. The number of carbonyl (C=O) groups is 1. The summed E-state index contributed by atoms with van der Waals surface area (Å²) in [6.07, 6.45) is 0. The lowest BCUT2D eigenvalue weighted by Crippen LogP contribution is -2.39. The van der Waals surface area contributed by atoms with Crippen LogP contribution in [-0.4, -0.2) is 37.8 Å². The van der Waals surface area contributed by atoms with Gasteiger partial charge in [0, 0.05) is 18.3 Å². The number of hydrogen-bond acceptors (Lipinski definition) is 5. The van der Waals surface area contributed by atoms with E-state index in [9.17, 15) is 4.79 Å². The van der Waals surface area contributed by atoms with Gasteiger partial charge >= 0.3 is 0 Å². The van der Waals surface area contributed by atoms with E-state index in [-0.39, 0.29) is 18.7 Å². The van der Waals surface area contributed by atoms with Crippen LogP contribution in [0.25, 0.3) is 0 Å². The van der Waals surface area contributed by atoms with Crippen LogP contribution in [0.2, 0.25) is 0 Å². The van der Waals surface area contributed by atoms with Crippen molar-refractivity contribution in [3.63, 3.8) is 0 Å². The van der Waals surface area contributed by atoms with Crippen LogP contribution in [0.3, 0.4) is 0 Å². The number of nitrogens with one attached hydrogen (secondary N) is 1. The van der Waals surface area contributed by atoms with Crippen LogP contribution >= 0.6 is 0 Å². The predicted molar refractivity (Wildman–Crippen MR) is 95.1 cm³/mol. The molecule has 6 nitrogen and oxygen atoms in total. The van der Waals surface area contributed by atoms with E-state index >= 15 is 0 Å². The Morgan fingerprint density at radius 1 is 1.24 bits per heavy atom. The van der Waals surface area contributed by atoms with Crippen LogP contribution in [0.1, 0.15) is 12.5 Å². The first kappa shape index (κ1) is 17.1. The van der Waals surface area contributed by atoms with Gasteiger partial charge in [0.15, 0.2) is 11.5 Å². The van der Waals surface area contributed by atoms with E-state index < -0.39 is 0 Å². The van der Waals surface area contributed by atoms with Gasteiger partial charge in [0.05, 0.1) is 13.2 Å². The Morgan fingerprint density at radius 3 is 2.84 bits per heavy atom. The molecule has 0 bridgehead atoms. The van der Waals surface area contributed by atoms with E-state index in [1.54, 1.807) is 25.3 Å². The highest BCUT2D eigenvalue weighted by Gasteiger charge is 2.20. The Kier molecular flexibility index (Phi) is 5.09. The lowest BCUT2D eigenvalue weighted by atomic mass is 10.1. The summed E-state index contributed by atoms with van der Waals surface area (Å²) in [5.74, 6) is 2.07. The second-order valence-corrected chi connectivity index (χ2v) is 6.00. The Hall–Kier alpha value is -2.73. The zero-order valence-corrected chi connectivity index (χ0v) is 14.6. The molecule has 0 spiro atoms. The molecule has 0 unspecified atom stereocenters. The molecule has 0 saturated heterocycles. The fourth-order valence-corrected chi connectivity index (χ4v) is 2.62. The number of rotatable bonds is 6. The SMILES string of the molecule is COc1cccc(CN(C)[C@H](C)C(=O)Nc2ccc3c(c2)OCO3)c1. The number of methoxy groups -OCH3 is 1. The summed E-state index contributed by atoms with van der Waals surface area (Å²) in [7, 11) is 3.56. The summed E-state index contributed by atoms with van der Waals surface area (Å²) in [6, 6.07) is 12.9. The molecular weight excluding hydrogens is 320 g/mol. The monoisotopic (exact) mass is 342 g/mol. The Labute approximate surface area is 147 Å². The fraction of sp³-hybridized carbons (Fsp3) is 0.316. The second kappa shape index (κ2) is 7.44. The average molecular weight is 342 g/mol. The molecule has 1 atom stereocenters. The van der Waals surface area contributed by atoms with Gasteiger partial charge in [-0.05, 0) is 43.8 Å². The van der Waals surface area contributed by atoms with Crippen LogP contribution in [-0.2, 0) is 11.3 Å². The summed E-state index contributed by atoms with van der Waals surface area (Å²) < 4.78 is 15.8. The van der Waals surface area contributed by atoms with Crippen molar-refractivity contribution in [2.45, 2.75) is 19.5 Å². The van der Waals surface area contributed by atoms with Gasteiger partial charge in [0.25, 0.3) is 0 Å². The van der Waals surface area contributed by atoms with Gasteiger partial charge in [0.2, 0.25) is 12.7 Å². The molecular formula is C19H22N2O4. The third-order valence-corrected chi connectivity index (χ3v) is 4.25. The van der Waals surface area contributed by atoms with Crippen molar-refractivity contribution in [2.24, 2.45) is 0 Å². The highest BCUT2D eigenvalue weighted by atomic mass is 16.7. The van der Waals surface area contributed by atoms with Crippen molar-refractivity contribution in [1.29, 1.82) is 0 Å². The van der Waals surface area contributed by atoms with Crippen LogP contribution in [0.5, 0.6) is 17.2 Å². The average Bonchev–Trinajstić information content (AvgIpc) is 3.08. The molecule has 3 rings (SSSR count). The van der Waals surface area contributed by atoms with Gasteiger partial charge in [-0.2, -0.15) is 0 Å². The molecule has 1 aliphatic heterocycles. The minimum Gasteiger partial charge on any atom is -0.497 e. The molecule has 0 fully saturated rings. The number of benzene rings is 2. The number of fused-ring (bicyclic) bond motifs is 1. The molecule has 0 aliphatic carbocycles. The molecule has 0 aromatic heterocycles. The quantitative estimate of drug-likeness (QED) is 0.875. The van der Waals surface area contributed by atoms with E-state index in [0.29, 0.717) is 23.7 Å². The summed E-state index contributed by atoms with van der Waals surface area (Å²) in [5, 5.41) is 2.92. The maximum Gasteiger partial charge on any atom is 0.241 e. The van der Waals surface area contributed by atoms with Gasteiger partial charge in [-0.15, -0.1) is 0 Å². The number of carbonyl (C=O) groups excluding carboxylic acids is 1.